The summed E-state index contributed by atoms with van der Waals surface area (Å²) in [7, 11) is 3.23. The molecule has 6 heteroatoms. The molecule has 0 unspecified atom stereocenters. The largest absolute Gasteiger partial charge is 0.497 e. The van der Waals surface area contributed by atoms with E-state index < -0.39 is 0 Å². The molecule has 122 valence electrons. The Balaban J connectivity index is 1.55. The number of benzene rings is 1. The molecule has 1 N–H and O–H groups in total. The van der Waals surface area contributed by atoms with E-state index in [1.807, 2.05) is 23.6 Å². The van der Waals surface area contributed by atoms with Crippen molar-refractivity contribution in [3.8, 4) is 11.5 Å². The fraction of sp³-hybridized carbons (Fsp3) is 0.412. The van der Waals surface area contributed by atoms with Crippen LogP contribution >= 0.6 is 11.3 Å². The Bertz CT molecular complexity index is 673. The number of aromatic nitrogens is 1. The number of ether oxygens (including phenoxy) is 2. The molecule has 2 aromatic rings. The molecule has 0 spiro atoms. The van der Waals surface area contributed by atoms with Crippen LogP contribution < -0.4 is 14.8 Å². The van der Waals surface area contributed by atoms with Crippen molar-refractivity contribution in [3.63, 3.8) is 0 Å². The Hall–Kier alpha value is -2.08. The van der Waals surface area contributed by atoms with Crippen LogP contribution in [0.5, 0.6) is 11.5 Å². The molecule has 23 heavy (non-hydrogen) atoms. The van der Waals surface area contributed by atoms with E-state index >= 15 is 0 Å². The first kappa shape index (κ1) is 15.8. The predicted molar refractivity (Wildman–Crippen MR) is 90.6 cm³/mol. The summed E-state index contributed by atoms with van der Waals surface area (Å²) in [5.74, 6) is 2.05. The van der Waals surface area contributed by atoms with Crippen LogP contribution in [0.1, 0.15) is 36.4 Å². The maximum absolute atomic E-state index is 12.1. The van der Waals surface area contributed by atoms with Crippen LogP contribution in [-0.2, 0) is 11.2 Å². The van der Waals surface area contributed by atoms with Gasteiger partial charge in [0.25, 0.3) is 0 Å². The van der Waals surface area contributed by atoms with Crippen molar-refractivity contribution in [2.45, 2.75) is 31.6 Å². The summed E-state index contributed by atoms with van der Waals surface area (Å²) in [4.78, 5) is 16.6. The molecular formula is C17H20N2O3S. The van der Waals surface area contributed by atoms with E-state index in [9.17, 15) is 4.79 Å². The summed E-state index contributed by atoms with van der Waals surface area (Å²) >= 11 is 1.50. The van der Waals surface area contributed by atoms with Crippen molar-refractivity contribution in [1.29, 1.82) is 0 Å². The van der Waals surface area contributed by atoms with Gasteiger partial charge in [0.05, 0.1) is 19.9 Å². The Kier molecular flexibility index (Phi) is 4.81. The second-order valence-electron chi connectivity index (χ2n) is 5.62. The molecule has 1 aliphatic carbocycles. The third kappa shape index (κ3) is 4.22. The monoisotopic (exact) mass is 332 g/mol. The summed E-state index contributed by atoms with van der Waals surface area (Å²) in [5.41, 5.74) is 2.12. The van der Waals surface area contributed by atoms with Gasteiger partial charge < -0.3 is 14.8 Å². The van der Waals surface area contributed by atoms with Gasteiger partial charge in [-0.1, -0.05) is 0 Å². The van der Waals surface area contributed by atoms with Crippen molar-refractivity contribution in [2.75, 3.05) is 19.5 Å². The number of thiazole rings is 1. The molecule has 0 atom stereocenters. The van der Waals surface area contributed by atoms with Gasteiger partial charge in [0, 0.05) is 23.8 Å². The minimum atomic E-state index is -0.0246. The van der Waals surface area contributed by atoms with Crippen molar-refractivity contribution in [2.24, 2.45) is 0 Å². The molecule has 3 rings (SSSR count). The number of nitrogens with one attached hydrogen (secondary N) is 1. The van der Waals surface area contributed by atoms with Crippen LogP contribution in [0, 0.1) is 0 Å². The summed E-state index contributed by atoms with van der Waals surface area (Å²) < 4.78 is 10.5. The highest BCUT2D eigenvalue weighted by Gasteiger charge is 2.26. The number of hydrogen-bond donors (Lipinski definition) is 1. The van der Waals surface area contributed by atoms with Crippen LogP contribution in [0.15, 0.2) is 23.6 Å². The second-order valence-corrected chi connectivity index (χ2v) is 6.48. The lowest BCUT2D eigenvalue weighted by molar-refractivity contribution is -0.116. The topological polar surface area (TPSA) is 60.5 Å². The summed E-state index contributed by atoms with van der Waals surface area (Å²) in [5, 5.41) is 5.61. The first-order valence-electron chi connectivity index (χ1n) is 7.65. The third-order valence-electron chi connectivity index (χ3n) is 3.82. The highest BCUT2D eigenvalue weighted by molar-refractivity contribution is 7.13. The molecule has 0 saturated heterocycles. The van der Waals surface area contributed by atoms with E-state index in [0.717, 1.165) is 22.8 Å². The Morgan fingerprint density at radius 1 is 1.26 bits per heavy atom. The molecule has 0 radical (unpaired) electrons. The lowest BCUT2D eigenvalue weighted by atomic mass is 10.1. The average Bonchev–Trinajstić information content (AvgIpc) is 3.32. The molecule has 1 amide bonds. The average molecular weight is 332 g/mol. The van der Waals surface area contributed by atoms with E-state index in [0.29, 0.717) is 23.9 Å². The minimum Gasteiger partial charge on any atom is -0.497 e. The number of methoxy groups -OCH3 is 2. The minimum absolute atomic E-state index is 0.0246. The van der Waals surface area contributed by atoms with Gasteiger partial charge in [-0.2, -0.15) is 0 Å². The van der Waals surface area contributed by atoms with Crippen LogP contribution in [0.3, 0.4) is 0 Å². The van der Waals surface area contributed by atoms with Gasteiger partial charge in [-0.05, 0) is 37.0 Å². The van der Waals surface area contributed by atoms with Gasteiger partial charge in [-0.15, -0.1) is 11.3 Å². The van der Waals surface area contributed by atoms with Gasteiger partial charge >= 0.3 is 0 Å². The number of hydrogen-bond acceptors (Lipinski definition) is 5. The molecular weight excluding hydrogens is 312 g/mol. The second kappa shape index (κ2) is 7.00. The first-order valence-corrected chi connectivity index (χ1v) is 8.53. The SMILES string of the molecule is COc1cc(CCC(=O)Nc2nc(C3CC3)cs2)cc(OC)c1. The molecule has 1 heterocycles. The molecule has 0 aliphatic heterocycles. The van der Waals surface area contributed by atoms with E-state index in [4.69, 9.17) is 9.47 Å². The quantitative estimate of drug-likeness (QED) is 0.841. The zero-order valence-corrected chi connectivity index (χ0v) is 14.1. The predicted octanol–water partition coefficient (Wildman–Crippen LogP) is 3.61. The Morgan fingerprint density at radius 2 is 1.96 bits per heavy atom. The molecule has 1 aromatic carbocycles. The van der Waals surface area contributed by atoms with Gasteiger partial charge in [-0.25, -0.2) is 4.98 Å². The standard InChI is InChI=1S/C17H20N2O3S/c1-21-13-7-11(8-14(9-13)22-2)3-6-16(20)19-17-18-15(10-23-17)12-4-5-12/h7-10,12H,3-6H2,1-2H3,(H,18,19,20). The number of carbonyl (C=O) groups is 1. The maximum atomic E-state index is 12.1. The van der Waals surface area contributed by atoms with Crippen LogP contribution in [0.25, 0.3) is 0 Å². The molecule has 1 aliphatic rings. The number of amides is 1. The van der Waals surface area contributed by atoms with Crippen molar-refractivity contribution >= 4 is 22.4 Å². The van der Waals surface area contributed by atoms with Crippen LogP contribution in [0.2, 0.25) is 0 Å². The maximum Gasteiger partial charge on any atom is 0.226 e. The van der Waals surface area contributed by atoms with E-state index in [1.165, 1.54) is 24.2 Å². The number of anilines is 1. The summed E-state index contributed by atoms with van der Waals surface area (Å²) in [6.45, 7) is 0. The Labute approximate surface area is 139 Å². The third-order valence-corrected chi connectivity index (χ3v) is 4.59. The zero-order valence-electron chi connectivity index (χ0n) is 13.3. The van der Waals surface area contributed by atoms with Crippen molar-refractivity contribution < 1.29 is 14.3 Å². The van der Waals surface area contributed by atoms with E-state index in [-0.39, 0.29) is 5.91 Å². The molecule has 5 nitrogen and oxygen atoms in total. The molecule has 0 bridgehead atoms. The summed E-state index contributed by atoms with van der Waals surface area (Å²) in [6, 6.07) is 5.66. The van der Waals surface area contributed by atoms with Crippen LogP contribution in [-0.4, -0.2) is 25.1 Å². The van der Waals surface area contributed by atoms with E-state index in [2.05, 4.69) is 10.3 Å². The molecule has 1 saturated carbocycles. The van der Waals surface area contributed by atoms with Crippen molar-refractivity contribution in [3.05, 3.63) is 34.8 Å². The van der Waals surface area contributed by atoms with Crippen molar-refractivity contribution in [1.82, 2.24) is 4.98 Å². The van der Waals surface area contributed by atoms with Crippen LogP contribution in [0.4, 0.5) is 5.13 Å². The van der Waals surface area contributed by atoms with Gasteiger partial charge in [0.2, 0.25) is 5.91 Å². The zero-order chi connectivity index (χ0) is 16.2. The number of aryl methyl sites for hydroxylation is 1. The summed E-state index contributed by atoms with van der Waals surface area (Å²) in [6.07, 6.45) is 3.46. The number of rotatable bonds is 7. The number of nitrogens with zero attached hydrogens (tertiary/aromatic N) is 1. The highest BCUT2D eigenvalue weighted by Crippen LogP contribution is 2.40. The fourth-order valence-electron chi connectivity index (χ4n) is 2.36. The van der Waals surface area contributed by atoms with Gasteiger partial charge in [0.15, 0.2) is 5.13 Å². The molecule has 1 fully saturated rings. The smallest absolute Gasteiger partial charge is 0.226 e. The Morgan fingerprint density at radius 3 is 2.57 bits per heavy atom. The fourth-order valence-corrected chi connectivity index (χ4v) is 3.17. The lowest BCUT2D eigenvalue weighted by Gasteiger charge is -2.08. The van der Waals surface area contributed by atoms with Gasteiger partial charge in [0.1, 0.15) is 11.5 Å². The lowest BCUT2D eigenvalue weighted by Crippen LogP contribution is -2.12. The van der Waals surface area contributed by atoms with E-state index in [1.54, 1.807) is 14.2 Å². The highest BCUT2D eigenvalue weighted by atomic mass is 32.1. The first-order chi connectivity index (χ1) is 11.2. The molecule has 1 aromatic heterocycles. The van der Waals surface area contributed by atoms with Gasteiger partial charge in [-0.3, -0.25) is 4.79 Å². The normalized spacial score (nSPS) is 13.7. The number of carbonyl (C=O) groups excluding carboxylic acids is 1.